The summed E-state index contributed by atoms with van der Waals surface area (Å²) < 4.78 is 21.0. The molecule has 0 radical (unpaired) electrons. The highest BCUT2D eigenvalue weighted by Gasteiger charge is 2.27. The predicted molar refractivity (Wildman–Crippen MR) is 105 cm³/mol. The van der Waals surface area contributed by atoms with Crippen molar-refractivity contribution in [3.05, 3.63) is 58.0 Å². The van der Waals surface area contributed by atoms with Gasteiger partial charge in [-0.25, -0.2) is 4.39 Å². The minimum absolute atomic E-state index is 0.0229. The smallest absolute Gasteiger partial charge is 0.380 e. The van der Waals surface area contributed by atoms with Gasteiger partial charge in [0.25, 0.3) is 5.52 Å². The Morgan fingerprint density at radius 1 is 1.14 bits per heavy atom. The van der Waals surface area contributed by atoms with Crippen LogP contribution in [0.25, 0.3) is 10.9 Å². The van der Waals surface area contributed by atoms with Crippen LogP contribution >= 0.6 is 11.8 Å². The number of aliphatic hydroxyl groups is 1. The molecule has 2 heterocycles. The van der Waals surface area contributed by atoms with Crippen molar-refractivity contribution >= 4 is 34.0 Å². The summed E-state index contributed by atoms with van der Waals surface area (Å²) in [7, 11) is 0. The number of halogens is 1. The number of anilines is 2. The zero-order chi connectivity index (χ0) is 20.4. The molecule has 0 amide bonds. The van der Waals surface area contributed by atoms with Crippen LogP contribution in [0.5, 0.6) is 5.88 Å². The van der Waals surface area contributed by atoms with Crippen molar-refractivity contribution in [2.24, 2.45) is 0 Å². The topological polar surface area (TPSA) is 95.4 Å². The van der Waals surface area contributed by atoms with E-state index in [4.69, 9.17) is 9.84 Å². The molecule has 0 aliphatic carbocycles. The van der Waals surface area contributed by atoms with Gasteiger partial charge in [0.1, 0.15) is 17.8 Å². The van der Waals surface area contributed by atoms with E-state index in [1.165, 1.54) is 23.9 Å². The normalized spacial score (nSPS) is 11.0. The summed E-state index contributed by atoms with van der Waals surface area (Å²) in [4.78, 5) is 0.756. The molecule has 0 bridgehead atoms. The van der Waals surface area contributed by atoms with Crippen molar-refractivity contribution in [3.63, 3.8) is 0 Å². The first-order valence-electron chi connectivity index (χ1n) is 8.52. The number of pyridine rings is 2. The number of nitrogens with zero attached hydrogens (tertiary/aromatic N) is 2. The average molecular weight is 405 g/mol. The lowest BCUT2D eigenvalue weighted by Crippen LogP contribution is -2.39. The molecular formula is C19H20FN3O4S. The quantitative estimate of drug-likeness (QED) is 0.372. The Kier molecular flexibility index (Phi) is 5.76. The van der Waals surface area contributed by atoms with Crippen molar-refractivity contribution in [1.29, 1.82) is 0 Å². The maximum atomic E-state index is 14.5. The first-order chi connectivity index (χ1) is 13.4. The maximum absolute atomic E-state index is 14.5. The molecule has 0 saturated heterocycles. The Morgan fingerprint density at radius 2 is 1.89 bits per heavy atom. The number of aryl methyl sites for hydroxylation is 1. The zero-order valence-corrected chi connectivity index (χ0v) is 16.5. The van der Waals surface area contributed by atoms with E-state index < -0.39 is 5.82 Å². The van der Waals surface area contributed by atoms with Gasteiger partial charge in [0.05, 0.1) is 18.4 Å². The van der Waals surface area contributed by atoms with Gasteiger partial charge >= 0.3 is 5.88 Å². The van der Waals surface area contributed by atoms with E-state index in [-0.39, 0.29) is 41.7 Å². The molecule has 0 aliphatic heterocycles. The average Bonchev–Trinajstić information content (AvgIpc) is 2.69. The fourth-order valence-corrected chi connectivity index (χ4v) is 3.37. The number of nitrogens with one attached hydrogen (secondary N) is 1. The molecule has 0 atom stereocenters. The summed E-state index contributed by atoms with van der Waals surface area (Å²) in [5.41, 5.74) is 1.06. The number of benzene rings is 1. The highest BCUT2D eigenvalue weighted by Crippen LogP contribution is 2.31. The highest BCUT2D eigenvalue weighted by molar-refractivity contribution is 7.98. The van der Waals surface area contributed by atoms with Gasteiger partial charge in [-0.1, -0.05) is 0 Å². The molecule has 0 unspecified atom stereocenters. The Labute approximate surface area is 165 Å². The van der Waals surface area contributed by atoms with Crippen LogP contribution in [-0.2, 0) is 0 Å². The van der Waals surface area contributed by atoms with E-state index in [2.05, 4.69) is 5.32 Å². The van der Waals surface area contributed by atoms with E-state index in [9.17, 15) is 14.8 Å². The molecule has 2 N–H and O–H groups in total. The lowest BCUT2D eigenvalue weighted by atomic mass is 10.1. The van der Waals surface area contributed by atoms with E-state index in [0.717, 1.165) is 4.90 Å². The Balaban J connectivity index is 2.22. The van der Waals surface area contributed by atoms with Crippen molar-refractivity contribution < 1.29 is 23.7 Å². The van der Waals surface area contributed by atoms with Crippen molar-refractivity contribution in [2.75, 3.05) is 24.8 Å². The van der Waals surface area contributed by atoms with Gasteiger partial charge in [-0.15, -0.1) is 16.5 Å². The predicted octanol–water partition coefficient (Wildman–Crippen LogP) is 2.70. The number of thioether (sulfide) groups is 1. The van der Waals surface area contributed by atoms with Crippen LogP contribution in [0.3, 0.4) is 0 Å². The SMILES string of the molecule is CSc1ccc(Nc2c(C)[n+]([O-])c(C)c3ccc(OCCO)[n+]([O-])c23)c(F)c1. The summed E-state index contributed by atoms with van der Waals surface area (Å²) in [6.45, 7) is 2.86. The molecule has 148 valence electrons. The van der Waals surface area contributed by atoms with Crippen LogP contribution in [0, 0.1) is 30.1 Å². The van der Waals surface area contributed by atoms with Gasteiger partial charge in [0.15, 0.2) is 5.69 Å². The number of aromatic nitrogens is 2. The number of aliphatic hydroxyl groups excluding tert-OH is 1. The Bertz CT molecular complexity index is 1050. The van der Waals surface area contributed by atoms with Crippen LogP contribution in [0.1, 0.15) is 11.4 Å². The summed E-state index contributed by atoms with van der Waals surface area (Å²) in [6.07, 6.45) is 1.84. The number of ether oxygens (including phenoxy) is 1. The highest BCUT2D eigenvalue weighted by atomic mass is 32.2. The fourth-order valence-electron chi connectivity index (χ4n) is 2.95. The summed E-state index contributed by atoms with van der Waals surface area (Å²) >= 11 is 1.41. The molecule has 0 aliphatic rings. The van der Waals surface area contributed by atoms with E-state index in [1.807, 2.05) is 6.26 Å². The maximum Gasteiger partial charge on any atom is 0.380 e. The number of hydrogen-bond donors (Lipinski definition) is 2. The summed E-state index contributed by atoms with van der Waals surface area (Å²) in [6, 6.07) is 7.71. The second-order valence-electron chi connectivity index (χ2n) is 6.11. The molecule has 0 saturated carbocycles. The summed E-state index contributed by atoms with van der Waals surface area (Å²) in [5, 5.41) is 37.7. The number of fused-ring (bicyclic) bond motifs is 1. The third-order valence-electron chi connectivity index (χ3n) is 4.43. The Morgan fingerprint density at radius 3 is 2.54 bits per heavy atom. The van der Waals surface area contributed by atoms with Gasteiger partial charge in [-0.05, 0) is 30.5 Å². The molecule has 1 aromatic carbocycles. The molecule has 7 nitrogen and oxygen atoms in total. The first-order valence-corrected chi connectivity index (χ1v) is 9.74. The summed E-state index contributed by atoms with van der Waals surface area (Å²) in [5.74, 6) is -0.521. The van der Waals surface area contributed by atoms with Crippen LogP contribution in [-0.4, -0.2) is 24.6 Å². The van der Waals surface area contributed by atoms with E-state index in [0.29, 0.717) is 20.5 Å². The second-order valence-corrected chi connectivity index (χ2v) is 6.99. The minimum Gasteiger partial charge on any atom is -0.618 e. The second kappa shape index (κ2) is 8.07. The monoisotopic (exact) mass is 405 g/mol. The molecular weight excluding hydrogens is 385 g/mol. The lowest BCUT2D eigenvalue weighted by molar-refractivity contribution is -0.619. The Hall–Kier alpha value is -2.78. The molecule has 28 heavy (non-hydrogen) atoms. The third-order valence-corrected chi connectivity index (χ3v) is 5.15. The van der Waals surface area contributed by atoms with E-state index >= 15 is 0 Å². The number of rotatable bonds is 6. The van der Waals surface area contributed by atoms with Crippen LogP contribution in [0.4, 0.5) is 15.8 Å². The fraction of sp³-hybridized carbons (Fsp3) is 0.263. The van der Waals surface area contributed by atoms with Gasteiger partial charge < -0.3 is 25.6 Å². The molecule has 3 rings (SSSR count). The minimum atomic E-state index is -0.498. The van der Waals surface area contributed by atoms with E-state index in [1.54, 1.807) is 32.0 Å². The lowest BCUT2D eigenvalue weighted by Gasteiger charge is -2.16. The van der Waals surface area contributed by atoms with Gasteiger partial charge in [0, 0.05) is 18.7 Å². The van der Waals surface area contributed by atoms with Gasteiger partial charge in [0.2, 0.25) is 11.4 Å². The molecule has 9 heteroatoms. The molecule has 2 aromatic heterocycles. The largest absolute Gasteiger partial charge is 0.618 e. The standard InChI is InChI=1S/C19H20FN3O4S/c1-11-14-5-7-17(27-9-8-24)23(26)19(14)18(12(2)22(11)25)21-16-6-4-13(28-3)10-15(16)20/h4-7,10,21,24H,8-9H2,1-3H3. The van der Waals surface area contributed by atoms with Crippen molar-refractivity contribution in [1.82, 2.24) is 0 Å². The zero-order valence-electron chi connectivity index (χ0n) is 15.7. The first kappa shape index (κ1) is 20.0. The third kappa shape index (κ3) is 3.50. The van der Waals surface area contributed by atoms with Gasteiger partial charge in [-0.2, -0.15) is 4.73 Å². The van der Waals surface area contributed by atoms with Crippen LogP contribution < -0.4 is 19.5 Å². The molecule has 3 aromatic rings. The number of hydrogen-bond acceptors (Lipinski definition) is 6. The van der Waals surface area contributed by atoms with Crippen LogP contribution in [0.15, 0.2) is 35.2 Å². The van der Waals surface area contributed by atoms with Gasteiger partial charge in [-0.3, -0.25) is 0 Å². The molecule has 0 fully saturated rings. The van der Waals surface area contributed by atoms with Crippen molar-refractivity contribution in [3.8, 4) is 5.88 Å². The van der Waals surface area contributed by atoms with Crippen LogP contribution in [0.2, 0.25) is 0 Å². The van der Waals surface area contributed by atoms with Crippen molar-refractivity contribution in [2.45, 2.75) is 18.7 Å². The molecule has 0 spiro atoms.